The summed E-state index contributed by atoms with van der Waals surface area (Å²) >= 11 is 7.61. The molecule has 1 aromatic heterocycles. The minimum absolute atomic E-state index is 0.0210. The molecular formula is C28H26ClF2N5OS. The fourth-order valence-electron chi connectivity index (χ4n) is 4.94. The topological polar surface area (TPSA) is 92.4 Å². The van der Waals surface area contributed by atoms with Gasteiger partial charge in [-0.3, -0.25) is 25.5 Å². The van der Waals surface area contributed by atoms with Gasteiger partial charge in [-0.05, 0) is 61.7 Å². The number of aliphatic imine (C=N–C) groups is 1. The summed E-state index contributed by atoms with van der Waals surface area (Å²) in [5.74, 6) is -3.00. The fourth-order valence-corrected chi connectivity index (χ4v) is 6.28. The van der Waals surface area contributed by atoms with Gasteiger partial charge in [0.1, 0.15) is 22.7 Å². The Morgan fingerprint density at radius 2 is 1.87 bits per heavy atom. The Hall–Kier alpha value is -3.43. The number of amides is 1. The van der Waals surface area contributed by atoms with E-state index in [1.54, 1.807) is 42.2 Å². The molecule has 196 valence electrons. The summed E-state index contributed by atoms with van der Waals surface area (Å²) in [5.41, 5.74) is 4.79. The van der Waals surface area contributed by atoms with Crippen LogP contribution in [0.4, 0.5) is 19.5 Å². The average molecular weight is 554 g/mol. The number of hydrogen-bond donors (Lipinski definition) is 3. The van der Waals surface area contributed by atoms with Crippen molar-refractivity contribution in [1.82, 2.24) is 0 Å². The number of thiophene rings is 1. The number of benzene rings is 2. The van der Waals surface area contributed by atoms with Gasteiger partial charge in [-0.2, -0.15) is 0 Å². The number of alkyl halides is 2. The highest BCUT2D eigenvalue weighted by Crippen LogP contribution is 2.40. The molecule has 0 radical (unpaired) electrons. The SMILES string of the molecule is CC(=N)N1C(=N)[C@H](CC(=O)Nc2ccc3c(c2)CC(F)(F)C3)N=C(c2ccc(Cl)cc2)c2c1sc(C)c2C. The maximum atomic E-state index is 13.8. The van der Waals surface area contributed by atoms with E-state index in [0.29, 0.717) is 32.5 Å². The van der Waals surface area contributed by atoms with E-state index in [1.807, 2.05) is 26.0 Å². The van der Waals surface area contributed by atoms with Gasteiger partial charge in [-0.15, -0.1) is 11.3 Å². The highest BCUT2D eigenvalue weighted by molar-refractivity contribution is 7.17. The third-order valence-corrected chi connectivity index (χ3v) is 8.31. The largest absolute Gasteiger partial charge is 0.326 e. The zero-order chi connectivity index (χ0) is 27.4. The first-order valence-electron chi connectivity index (χ1n) is 12.1. The summed E-state index contributed by atoms with van der Waals surface area (Å²) in [5, 5.41) is 21.5. The number of amidine groups is 2. The number of rotatable bonds is 4. The third-order valence-electron chi connectivity index (χ3n) is 6.87. The molecular weight excluding hydrogens is 528 g/mol. The molecule has 1 amide bonds. The van der Waals surface area contributed by atoms with Crippen LogP contribution in [0.2, 0.25) is 5.02 Å². The van der Waals surface area contributed by atoms with Gasteiger partial charge in [0, 0.05) is 39.6 Å². The molecule has 0 saturated heterocycles. The average Bonchev–Trinajstić information content (AvgIpc) is 3.26. The summed E-state index contributed by atoms with van der Waals surface area (Å²) in [4.78, 5) is 20.7. The Bertz CT molecular complexity index is 1510. The van der Waals surface area contributed by atoms with Gasteiger partial charge in [0.2, 0.25) is 5.91 Å². The monoisotopic (exact) mass is 553 g/mol. The molecule has 2 heterocycles. The molecule has 0 bridgehead atoms. The number of aryl methyl sites for hydroxylation is 1. The van der Waals surface area contributed by atoms with Crippen LogP contribution in [0.1, 0.15) is 46.0 Å². The predicted octanol–water partition coefficient (Wildman–Crippen LogP) is 6.78. The first-order chi connectivity index (χ1) is 17.9. The van der Waals surface area contributed by atoms with E-state index in [4.69, 9.17) is 27.4 Å². The van der Waals surface area contributed by atoms with Crippen molar-refractivity contribution in [3.05, 3.63) is 80.2 Å². The van der Waals surface area contributed by atoms with E-state index < -0.39 is 17.9 Å². The zero-order valence-electron chi connectivity index (χ0n) is 21.1. The Kier molecular flexibility index (Phi) is 6.69. The normalized spacial score (nSPS) is 17.9. The highest BCUT2D eigenvalue weighted by Gasteiger charge is 2.38. The summed E-state index contributed by atoms with van der Waals surface area (Å²) in [6.45, 7) is 5.58. The summed E-state index contributed by atoms with van der Waals surface area (Å²) in [6, 6.07) is 11.2. The summed E-state index contributed by atoms with van der Waals surface area (Å²) in [6.07, 6.45) is -0.789. The van der Waals surface area contributed by atoms with Crippen molar-refractivity contribution < 1.29 is 13.6 Å². The van der Waals surface area contributed by atoms with E-state index in [-0.39, 0.29) is 30.9 Å². The lowest BCUT2D eigenvalue weighted by Gasteiger charge is -2.24. The quantitative estimate of drug-likeness (QED) is 0.245. The van der Waals surface area contributed by atoms with Gasteiger partial charge in [-0.25, -0.2) is 8.78 Å². The lowest BCUT2D eigenvalue weighted by atomic mass is 9.99. The lowest BCUT2D eigenvalue weighted by Crippen LogP contribution is -2.41. The number of carbonyl (C=O) groups is 1. The van der Waals surface area contributed by atoms with E-state index >= 15 is 0 Å². The number of hydrogen-bond acceptors (Lipinski definition) is 5. The van der Waals surface area contributed by atoms with E-state index in [0.717, 1.165) is 21.6 Å². The van der Waals surface area contributed by atoms with Crippen molar-refractivity contribution in [2.75, 3.05) is 10.2 Å². The van der Waals surface area contributed by atoms with Crippen LogP contribution in [-0.4, -0.2) is 35.3 Å². The molecule has 0 spiro atoms. The number of nitrogens with zero attached hydrogens (tertiary/aromatic N) is 2. The smallest absolute Gasteiger partial charge is 0.256 e. The van der Waals surface area contributed by atoms with Gasteiger partial charge in [0.05, 0.1) is 12.1 Å². The Labute approximate surface area is 228 Å². The van der Waals surface area contributed by atoms with Crippen LogP contribution in [0.3, 0.4) is 0 Å². The molecule has 1 aliphatic carbocycles. The van der Waals surface area contributed by atoms with Gasteiger partial charge < -0.3 is 5.32 Å². The summed E-state index contributed by atoms with van der Waals surface area (Å²) < 4.78 is 27.6. The number of halogens is 3. The van der Waals surface area contributed by atoms with Gasteiger partial charge in [-0.1, -0.05) is 29.8 Å². The minimum Gasteiger partial charge on any atom is -0.326 e. The van der Waals surface area contributed by atoms with E-state index in [1.165, 1.54) is 11.3 Å². The van der Waals surface area contributed by atoms with Crippen LogP contribution in [-0.2, 0) is 17.6 Å². The number of anilines is 2. The highest BCUT2D eigenvalue weighted by atomic mass is 35.5. The van der Waals surface area contributed by atoms with E-state index in [9.17, 15) is 13.6 Å². The van der Waals surface area contributed by atoms with Gasteiger partial charge >= 0.3 is 0 Å². The molecule has 0 fully saturated rings. The fraction of sp³-hybridized carbons (Fsp3) is 0.286. The third kappa shape index (κ3) is 4.88. The lowest BCUT2D eigenvalue weighted by molar-refractivity contribution is -0.116. The second-order valence-electron chi connectivity index (χ2n) is 9.72. The molecule has 38 heavy (non-hydrogen) atoms. The number of nitrogens with one attached hydrogen (secondary N) is 3. The van der Waals surface area contributed by atoms with Crippen LogP contribution in [0.25, 0.3) is 0 Å². The van der Waals surface area contributed by atoms with Crippen molar-refractivity contribution >= 4 is 56.9 Å². The molecule has 6 nitrogen and oxygen atoms in total. The van der Waals surface area contributed by atoms with Crippen LogP contribution >= 0.6 is 22.9 Å². The van der Waals surface area contributed by atoms with Crippen LogP contribution < -0.4 is 10.2 Å². The molecule has 0 saturated carbocycles. The van der Waals surface area contributed by atoms with Crippen LogP contribution in [0, 0.1) is 24.7 Å². The molecule has 2 aromatic carbocycles. The molecule has 5 rings (SSSR count). The second kappa shape index (κ2) is 9.71. The standard InChI is InChI=1S/C28H26ClF2N5OS/c1-14-15(2)38-27-24(14)25(17-4-7-20(29)8-5-17)35-22(26(33)36(27)16(3)32)11-23(37)34-21-9-6-18-12-28(30,31)13-19(18)10-21/h4-10,22,32-33H,11-13H2,1-3H3,(H,34,37)/t22-/m0/s1. The predicted molar refractivity (Wildman–Crippen MR) is 150 cm³/mol. The van der Waals surface area contributed by atoms with E-state index in [2.05, 4.69) is 5.32 Å². The van der Waals surface area contributed by atoms with Crippen molar-refractivity contribution in [3.63, 3.8) is 0 Å². The molecule has 2 aliphatic rings. The van der Waals surface area contributed by atoms with Crippen molar-refractivity contribution in [2.24, 2.45) is 4.99 Å². The van der Waals surface area contributed by atoms with Crippen molar-refractivity contribution in [3.8, 4) is 0 Å². The van der Waals surface area contributed by atoms with Crippen molar-refractivity contribution in [2.45, 2.75) is 52.0 Å². The molecule has 3 aromatic rings. The molecule has 1 aliphatic heterocycles. The molecule has 1 atom stereocenters. The van der Waals surface area contributed by atoms with Gasteiger partial charge in [0.25, 0.3) is 5.92 Å². The van der Waals surface area contributed by atoms with Crippen LogP contribution in [0.5, 0.6) is 0 Å². The first-order valence-corrected chi connectivity index (χ1v) is 13.3. The molecule has 3 N–H and O–H groups in total. The maximum Gasteiger partial charge on any atom is 0.256 e. The molecule has 0 unspecified atom stereocenters. The summed E-state index contributed by atoms with van der Waals surface area (Å²) in [7, 11) is 0. The van der Waals surface area contributed by atoms with Gasteiger partial charge in [0.15, 0.2) is 0 Å². The Morgan fingerprint density at radius 3 is 2.55 bits per heavy atom. The zero-order valence-corrected chi connectivity index (χ0v) is 22.7. The number of fused-ring (bicyclic) bond motifs is 2. The Morgan fingerprint density at radius 1 is 1.18 bits per heavy atom. The maximum absolute atomic E-state index is 13.8. The van der Waals surface area contributed by atoms with Crippen LogP contribution in [0.15, 0.2) is 47.5 Å². The van der Waals surface area contributed by atoms with Crippen molar-refractivity contribution in [1.29, 1.82) is 10.8 Å². The Balaban J connectivity index is 1.50. The molecule has 10 heteroatoms. The minimum atomic E-state index is -2.77. The second-order valence-corrected chi connectivity index (χ2v) is 11.4. The first kappa shape index (κ1) is 26.2. The number of carbonyl (C=O) groups excluding carboxylic acids is 1.